The Morgan fingerprint density at radius 2 is 1.58 bits per heavy atom. The van der Waals surface area contributed by atoms with Gasteiger partial charge in [0.25, 0.3) is 0 Å². The van der Waals surface area contributed by atoms with Crippen molar-refractivity contribution < 1.29 is 0 Å². The van der Waals surface area contributed by atoms with Crippen LogP contribution >= 0.6 is 0 Å². The molecule has 26 heavy (non-hydrogen) atoms. The summed E-state index contributed by atoms with van der Waals surface area (Å²) in [5.41, 5.74) is 7.54. The van der Waals surface area contributed by atoms with E-state index in [1.807, 2.05) is 75.4 Å². The molecule has 0 saturated heterocycles. The summed E-state index contributed by atoms with van der Waals surface area (Å²) in [5, 5.41) is 18.6. The van der Waals surface area contributed by atoms with E-state index in [2.05, 4.69) is 22.8 Å². The highest BCUT2D eigenvalue weighted by atomic mass is 15.0. The van der Waals surface area contributed by atoms with Gasteiger partial charge in [0, 0.05) is 17.1 Å². The fraction of sp³-hybridized carbons (Fsp3) is 0.130. The molecule has 1 aromatic heterocycles. The van der Waals surface area contributed by atoms with Gasteiger partial charge >= 0.3 is 0 Å². The standard InChI is InChI=1S/C23H19N3/c1-16-4-8-20(9-5-16)22(15-25)13-21-12-17(2)26(18(21)3)23-10-6-19(14-24)7-11-23/h4-13H,1-3H3/b22-13-. The van der Waals surface area contributed by atoms with Crippen molar-refractivity contribution in [2.24, 2.45) is 0 Å². The Labute approximate surface area is 154 Å². The third kappa shape index (κ3) is 3.29. The van der Waals surface area contributed by atoms with Gasteiger partial charge in [0.2, 0.25) is 0 Å². The summed E-state index contributed by atoms with van der Waals surface area (Å²) >= 11 is 0. The summed E-state index contributed by atoms with van der Waals surface area (Å²) in [7, 11) is 0. The Morgan fingerprint density at radius 1 is 0.923 bits per heavy atom. The highest BCUT2D eigenvalue weighted by molar-refractivity contribution is 5.90. The lowest BCUT2D eigenvalue weighted by molar-refractivity contribution is 0.964. The van der Waals surface area contributed by atoms with E-state index in [0.29, 0.717) is 11.1 Å². The first kappa shape index (κ1) is 17.3. The lowest BCUT2D eigenvalue weighted by Crippen LogP contribution is -1.99. The number of rotatable bonds is 3. The largest absolute Gasteiger partial charge is 0.318 e. The average molecular weight is 337 g/mol. The van der Waals surface area contributed by atoms with Gasteiger partial charge in [-0.3, -0.25) is 0 Å². The maximum absolute atomic E-state index is 9.60. The van der Waals surface area contributed by atoms with E-state index in [-0.39, 0.29) is 0 Å². The summed E-state index contributed by atoms with van der Waals surface area (Å²) in [4.78, 5) is 0. The minimum Gasteiger partial charge on any atom is -0.318 e. The molecule has 0 bridgehead atoms. The van der Waals surface area contributed by atoms with Crippen LogP contribution in [0.15, 0.2) is 54.6 Å². The number of aryl methyl sites for hydroxylation is 2. The quantitative estimate of drug-likeness (QED) is 0.606. The molecule has 3 aromatic rings. The summed E-state index contributed by atoms with van der Waals surface area (Å²) in [6.07, 6.45) is 1.94. The molecule has 0 saturated carbocycles. The van der Waals surface area contributed by atoms with E-state index >= 15 is 0 Å². The van der Waals surface area contributed by atoms with Gasteiger partial charge in [-0.1, -0.05) is 29.8 Å². The Balaban J connectivity index is 2.05. The number of aromatic nitrogens is 1. The molecule has 0 unspecified atom stereocenters. The first-order chi connectivity index (χ1) is 12.5. The highest BCUT2D eigenvalue weighted by Crippen LogP contribution is 2.25. The monoisotopic (exact) mass is 337 g/mol. The van der Waals surface area contributed by atoms with Crippen LogP contribution in [0.5, 0.6) is 0 Å². The minimum absolute atomic E-state index is 0.641. The molecule has 0 fully saturated rings. The van der Waals surface area contributed by atoms with Crippen molar-refractivity contribution in [2.45, 2.75) is 20.8 Å². The van der Waals surface area contributed by atoms with Crippen LogP contribution in [0.25, 0.3) is 17.3 Å². The molecule has 126 valence electrons. The van der Waals surface area contributed by atoms with Crippen LogP contribution in [0.1, 0.15) is 33.6 Å². The molecule has 0 atom stereocenters. The number of allylic oxidation sites excluding steroid dienone is 1. The second kappa shape index (κ2) is 7.13. The average Bonchev–Trinajstić information content (AvgIpc) is 2.94. The molecule has 0 spiro atoms. The molecular weight excluding hydrogens is 318 g/mol. The zero-order valence-electron chi connectivity index (χ0n) is 15.1. The van der Waals surface area contributed by atoms with Gasteiger partial charge in [0.1, 0.15) is 0 Å². The molecule has 0 amide bonds. The maximum Gasteiger partial charge on any atom is 0.0998 e. The van der Waals surface area contributed by atoms with Crippen molar-refractivity contribution in [3.05, 3.63) is 88.2 Å². The summed E-state index contributed by atoms with van der Waals surface area (Å²) in [5.74, 6) is 0. The molecule has 0 N–H and O–H groups in total. The van der Waals surface area contributed by atoms with E-state index in [1.54, 1.807) is 0 Å². The van der Waals surface area contributed by atoms with Crippen LogP contribution in [-0.4, -0.2) is 4.57 Å². The molecule has 0 aliphatic heterocycles. The number of hydrogen-bond donors (Lipinski definition) is 0. The third-order valence-corrected chi connectivity index (χ3v) is 4.51. The van der Waals surface area contributed by atoms with Crippen LogP contribution < -0.4 is 0 Å². The summed E-state index contributed by atoms with van der Waals surface area (Å²) < 4.78 is 2.14. The van der Waals surface area contributed by atoms with Crippen molar-refractivity contribution in [3.63, 3.8) is 0 Å². The van der Waals surface area contributed by atoms with Gasteiger partial charge in [0.05, 0.1) is 23.3 Å². The second-order valence-corrected chi connectivity index (χ2v) is 6.36. The van der Waals surface area contributed by atoms with Crippen molar-refractivity contribution in [2.75, 3.05) is 0 Å². The first-order valence-electron chi connectivity index (χ1n) is 8.42. The lowest BCUT2D eigenvalue weighted by atomic mass is 10.0. The van der Waals surface area contributed by atoms with E-state index in [4.69, 9.17) is 5.26 Å². The third-order valence-electron chi connectivity index (χ3n) is 4.51. The Morgan fingerprint density at radius 3 is 2.15 bits per heavy atom. The molecule has 0 aliphatic carbocycles. The number of nitriles is 2. The molecule has 1 heterocycles. The Bertz CT molecular complexity index is 1050. The van der Waals surface area contributed by atoms with Crippen LogP contribution in [0.3, 0.4) is 0 Å². The minimum atomic E-state index is 0.641. The molecule has 3 nitrogen and oxygen atoms in total. The van der Waals surface area contributed by atoms with E-state index in [0.717, 1.165) is 28.2 Å². The van der Waals surface area contributed by atoms with E-state index < -0.39 is 0 Å². The fourth-order valence-electron chi connectivity index (χ4n) is 3.08. The van der Waals surface area contributed by atoms with Crippen molar-refractivity contribution in [3.8, 4) is 17.8 Å². The SMILES string of the molecule is Cc1ccc(/C(C#N)=C\c2cc(C)n(-c3ccc(C#N)cc3)c2C)cc1. The van der Waals surface area contributed by atoms with Crippen LogP contribution in [0.2, 0.25) is 0 Å². The van der Waals surface area contributed by atoms with Gasteiger partial charge in [-0.05, 0) is 68.3 Å². The lowest BCUT2D eigenvalue weighted by Gasteiger charge is -2.09. The van der Waals surface area contributed by atoms with Crippen LogP contribution in [-0.2, 0) is 0 Å². The van der Waals surface area contributed by atoms with Crippen LogP contribution in [0, 0.1) is 43.4 Å². The fourth-order valence-corrected chi connectivity index (χ4v) is 3.08. The molecule has 3 rings (SSSR count). The molecule has 2 aromatic carbocycles. The number of benzene rings is 2. The number of hydrogen-bond acceptors (Lipinski definition) is 2. The Hall–Kier alpha value is -3.56. The number of nitrogens with zero attached hydrogens (tertiary/aromatic N) is 3. The smallest absolute Gasteiger partial charge is 0.0998 e. The zero-order valence-corrected chi connectivity index (χ0v) is 15.1. The van der Waals surface area contributed by atoms with Crippen molar-refractivity contribution in [1.29, 1.82) is 10.5 Å². The predicted octanol–water partition coefficient (Wildman–Crippen LogP) is 5.34. The molecular formula is C23H19N3. The maximum atomic E-state index is 9.60. The van der Waals surface area contributed by atoms with Crippen molar-refractivity contribution in [1.82, 2.24) is 4.57 Å². The Kier molecular flexibility index (Phi) is 4.74. The summed E-state index contributed by atoms with van der Waals surface area (Å²) in [6.45, 7) is 6.12. The second-order valence-electron chi connectivity index (χ2n) is 6.36. The van der Waals surface area contributed by atoms with Crippen LogP contribution in [0.4, 0.5) is 0 Å². The van der Waals surface area contributed by atoms with Gasteiger partial charge in [0.15, 0.2) is 0 Å². The molecule has 3 heteroatoms. The van der Waals surface area contributed by atoms with Gasteiger partial charge in [-0.25, -0.2) is 0 Å². The van der Waals surface area contributed by atoms with Gasteiger partial charge in [-0.15, -0.1) is 0 Å². The summed E-state index contributed by atoms with van der Waals surface area (Å²) in [6, 6.07) is 22.0. The van der Waals surface area contributed by atoms with Crippen molar-refractivity contribution >= 4 is 11.6 Å². The predicted molar refractivity (Wildman–Crippen MR) is 105 cm³/mol. The van der Waals surface area contributed by atoms with Gasteiger partial charge in [-0.2, -0.15) is 10.5 Å². The van der Waals surface area contributed by atoms with E-state index in [9.17, 15) is 5.26 Å². The zero-order chi connectivity index (χ0) is 18.7. The topological polar surface area (TPSA) is 52.5 Å². The molecule has 0 radical (unpaired) electrons. The van der Waals surface area contributed by atoms with E-state index in [1.165, 1.54) is 5.56 Å². The molecule has 0 aliphatic rings. The van der Waals surface area contributed by atoms with Gasteiger partial charge < -0.3 is 4.57 Å². The normalized spacial score (nSPS) is 11.0. The highest BCUT2D eigenvalue weighted by Gasteiger charge is 2.11. The first-order valence-corrected chi connectivity index (χ1v) is 8.42.